The number of ether oxygens (including phenoxy) is 1. The number of hydrogen-bond donors (Lipinski definition) is 0. The van der Waals surface area contributed by atoms with E-state index in [9.17, 15) is 9.59 Å². The van der Waals surface area contributed by atoms with E-state index < -0.39 is 11.9 Å². The van der Waals surface area contributed by atoms with Crippen molar-refractivity contribution in [1.82, 2.24) is 0 Å². The zero-order chi connectivity index (χ0) is 11.1. The van der Waals surface area contributed by atoms with Crippen molar-refractivity contribution in [2.24, 2.45) is 0 Å². The van der Waals surface area contributed by atoms with Gasteiger partial charge in [-0.3, -0.25) is 0 Å². The second kappa shape index (κ2) is 6.13. The van der Waals surface area contributed by atoms with Crippen LogP contribution < -0.4 is 0 Å². The lowest BCUT2D eigenvalue weighted by molar-refractivity contribution is -0.154. The predicted octanol–water partition coefficient (Wildman–Crippen LogP) is 2.38. The zero-order valence-corrected chi connectivity index (χ0v) is 8.76. The summed E-state index contributed by atoms with van der Waals surface area (Å²) in [5.41, 5.74) is 0.545. The first-order valence-corrected chi connectivity index (χ1v) is 4.58. The number of rotatable bonds is 5. The third kappa shape index (κ3) is 4.60. The van der Waals surface area contributed by atoms with Crippen molar-refractivity contribution in [2.45, 2.75) is 33.1 Å². The summed E-state index contributed by atoms with van der Waals surface area (Å²) in [6.45, 7) is 10.4. The zero-order valence-electron chi connectivity index (χ0n) is 8.76. The van der Waals surface area contributed by atoms with Crippen molar-refractivity contribution < 1.29 is 14.3 Å². The first-order valence-electron chi connectivity index (χ1n) is 4.58. The van der Waals surface area contributed by atoms with E-state index in [2.05, 4.69) is 17.9 Å². The van der Waals surface area contributed by atoms with E-state index in [0.717, 1.165) is 12.8 Å². The third-order valence-electron chi connectivity index (χ3n) is 1.65. The molecule has 78 valence electrons. The second-order valence-electron chi connectivity index (χ2n) is 3.16. The van der Waals surface area contributed by atoms with Crippen LogP contribution in [0, 0.1) is 0 Å². The highest BCUT2D eigenvalue weighted by molar-refractivity contribution is 6.00. The van der Waals surface area contributed by atoms with Crippen LogP contribution in [0.3, 0.4) is 0 Å². The van der Waals surface area contributed by atoms with Gasteiger partial charge in [-0.25, -0.2) is 9.59 Å². The van der Waals surface area contributed by atoms with E-state index in [1.807, 2.05) is 6.92 Å². The average molecular weight is 196 g/mol. The van der Waals surface area contributed by atoms with E-state index in [1.54, 1.807) is 0 Å². The second-order valence-corrected chi connectivity index (χ2v) is 3.16. The Kier molecular flexibility index (Phi) is 5.53. The van der Waals surface area contributed by atoms with Crippen LogP contribution >= 0.6 is 0 Å². The van der Waals surface area contributed by atoms with Gasteiger partial charge in [0.15, 0.2) is 0 Å². The Morgan fingerprint density at radius 2 is 1.79 bits per heavy atom. The number of esters is 2. The van der Waals surface area contributed by atoms with E-state index in [4.69, 9.17) is 0 Å². The standard InChI is InChI=1S/C11H16O3/c1-5-6-7-9(4)11(13)14-10(12)8(2)3/h2,4-7H2,1,3H3. The summed E-state index contributed by atoms with van der Waals surface area (Å²) in [6.07, 6.45) is 2.41. The summed E-state index contributed by atoms with van der Waals surface area (Å²) < 4.78 is 4.49. The van der Waals surface area contributed by atoms with Crippen LogP contribution in [0.5, 0.6) is 0 Å². The lowest BCUT2D eigenvalue weighted by Crippen LogP contribution is -2.14. The van der Waals surface area contributed by atoms with Gasteiger partial charge in [0.25, 0.3) is 0 Å². The van der Waals surface area contributed by atoms with Crippen LogP contribution in [0.4, 0.5) is 0 Å². The Morgan fingerprint density at radius 1 is 1.21 bits per heavy atom. The Morgan fingerprint density at radius 3 is 2.21 bits per heavy atom. The van der Waals surface area contributed by atoms with Gasteiger partial charge < -0.3 is 4.74 Å². The molecular weight excluding hydrogens is 180 g/mol. The summed E-state index contributed by atoms with van der Waals surface area (Å²) in [5, 5.41) is 0. The summed E-state index contributed by atoms with van der Waals surface area (Å²) in [6, 6.07) is 0. The fourth-order valence-electron chi connectivity index (χ4n) is 0.736. The first-order chi connectivity index (χ1) is 6.49. The molecule has 0 aliphatic heterocycles. The molecule has 14 heavy (non-hydrogen) atoms. The fourth-order valence-corrected chi connectivity index (χ4v) is 0.736. The molecule has 0 bridgehead atoms. The number of carbonyl (C=O) groups excluding carboxylic acids is 2. The molecule has 0 fully saturated rings. The van der Waals surface area contributed by atoms with Gasteiger partial charge in [0, 0.05) is 11.1 Å². The third-order valence-corrected chi connectivity index (χ3v) is 1.65. The van der Waals surface area contributed by atoms with Crippen molar-refractivity contribution in [3.63, 3.8) is 0 Å². The van der Waals surface area contributed by atoms with Gasteiger partial charge in [-0.05, 0) is 19.8 Å². The fraction of sp³-hybridized carbons (Fsp3) is 0.455. The van der Waals surface area contributed by atoms with Crippen molar-refractivity contribution in [3.8, 4) is 0 Å². The van der Waals surface area contributed by atoms with E-state index >= 15 is 0 Å². The average Bonchev–Trinajstić information content (AvgIpc) is 2.13. The molecule has 3 heteroatoms. The van der Waals surface area contributed by atoms with Gasteiger partial charge in [0.05, 0.1) is 0 Å². The summed E-state index contributed by atoms with van der Waals surface area (Å²) in [5.74, 6) is -1.33. The molecule has 3 nitrogen and oxygen atoms in total. The highest BCUT2D eigenvalue weighted by atomic mass is 16.6. The van der Waals surface area contributed by atoms with Gasteiger partial charge >= 0.3 is 11.9 Å². The molecule has 0 atom stereocenters. The molecule has 0 N–H and O–H groups in total. The Hall–Kier alpha value is -1.38. The first kappa shape index (κ1) is 12.6. The Labute approximate surface area is 84.4 Å². The van der Waals surface area contributed by atoms with Crippen LogP contribution in [0.2, 0.25) is 0 Å². The van der Waals surface area contributed by atoms with E-state index in [-0.39, 0.29) is 5.57 Å². The molecule has 0 unspecified atom stereocenters. The lowest BCUT2D eigenvalue weighted by Gasteiger charge is -2.04. The summed E-state index contributed by atoms with van der Waals surface area (Å²) >= 11 is 0. The van der Waals surface area contributed by atoms with Gasteiger partial charge in [-0.2, -0.15) is 0 Å². The molecule has 0 heterocycles. The molecule has 0 aromatic heterocycles. The molecular formula is C11H16O3. The van der Waals surface area contributed by atoms with Crippen molar-refractivity contribution in [3.05, 3.63) is 24.3 Å². The summed E-state index contributed by atoms with van der Waals surface area (Å²) in [7, 11) is 0. The predicted molar refractivity (Wildman–Crippen MR) is 54.6 cm³/mol. The molecule has 0 aliphatic rings. The van der Waals surface area contributed by atoms with Crippen LogP contribution in [0.1, 0.15) is 33.1 Å². The Balaban J connectivity index is 4.02. The van der Waals surface area contributed by atoms with Crippen LogP contribution in [-0.2, 0) is 14.3 Å². The number of unbranched alkanes of at least 4 members (excludes halogenated alkanes) is 1. The molecule has 0 spiro atoms. The molecule has 0 aromatic carbocycles. The van der Waals surface area contributed by atoms with Gasteiger partial charge in [0.1, 0.15) is 0 Å². The van der Waals surface area contributed by atoms with Gasteiger partial charge in [-0.15, -0.1) is 0 Å². The van der Waals surface area contributed by atoms with Crippen molar-refractivity contribution in [2.75, 3.05) is 0 Å². The molecule has 0 saturated heterocycles. The molecule has 0 aliphatic carbocycles. The topological polar surface area (TPSA) is 43.4 Å². The smallest absolute Gasteiger partial charge is 0.341 e. The Bertz CT molecular complexity index is 264. The molecule has 0 radical (unpaired) electrons. The SMILES string of the molecule is C=C(C)C(=O)OC(=O)C(=C)CCCC. The molecule has 0 aromatic rings. The monoisotopic (exact) mass is 196 g/mol. The number of hydrogen-bond acceptors (Lipinski definition) is 3. The lowest BCUT2D eigenvalue weighted by atomic mass is 10.1. The van der Waals surface area contributed by atoms with Crippen molar-refractivity contribution in [1.29, 1.82) is 0 Å². The highest BCUT2D eigenvalue weighted by Gasteiger charge is 2.13. The summed E-state index contributed by atoms with van der Waals surface area (Å²) in [4.78, 5) is 22.1. The number of carbonyl (C=O) groups is 2. The van der Waals surface area contributed by atoms with Gasteiger partial charge in [-0.1, -0.05) is 26.5 Å². The van der Waals surface area contributed by atoms with Gasteiger partial charge in [0.2, 0.25) is 0 Å². The minimum absolute atomic E-state index is 0.210. The van der Waals surface area contributed by atoms with E-state index in [1.165, 1.54) is 6.92 Å². The maximum Gasteiger partial charge on any atom is 0.341 e. The van der Waals surface area contributed by atoms with Crippen molar-refractivity contribution >= 4 is 11.9 Å². The maximum atomic E-state index is 11.2. The minimum atomic E-state index is -0.687. The van der Waals surface area contributed by atoms with Crippen LogP contribution in [-0.4, -0.2) is 11.9 Å². The maximum absolute atomic E-state index is 11.2. The normalized spacial score (nSPS) is 9.29. The van der Waals surface area contributed by atoms with E-state index in [0.29, 0.717) is 12.0 Å². The van der Waals surface area contributed by atoms with Crippen LogP contribution in [0.25, 0.3) is 0 Å². The molecule has 0 saturated carbocycles. The molecule has 0 rings (SSSR count). The minimum Gasteiger partial charge on any atom is -0.386 e. The highest BCUT2D eigenvalue weighted by Crippen LogP contribution is 2.07. The molecule has 0 amide bonds. The largest absolute Gasteiger partial charge is 0.386 e. The quantitative estimate of drug-likeness (QED) is 0.385. The van der Waals surface area contributed by atoms with Crippen LogP contribution in [0.15, 0.2) is 24.3 Å².